The second-order valence-corrected chi connectivity index (χ2v) is 4.24. The number of alkyl halides is 2. The summed E-state index contributed by atoms with van der Waals surface area (Å²) in [6.07, 6.45) is 2.33. The highest BCUT2D eigenvalue weighted by Crippen LogP contribution is 2.13. The second-order valence-electron chi connectivity index (χ2n) is 4.24. The number of carbonyl (C=O) groups excluding carboxylic acids is 1. The molecule has 0 amide bonds. The molecule has 1 aromatic heterocycles. The molecule has 0 saturated carbocycles. The fourth-order valence-corrected chi connectivity index (χ4v) is 1.46. The third-order valence-corrected chi connectivity index (χ3v) is 2.14. The van der Waals surface area contributed by atoms with Gasteiger partial charge in [-0.3, -0.25) is 14.3 Å². The maximum atomic E-state index is 12.6. The first-order chi connectivity index (χ1) is 8.40. The number of carbonyl (C=O) groups is 1. The molecule has 7 heteroatoms. The highest BCUT2D eigenvalue weighted by atomic mass is 19.3. The van der Waals surface area contributed by atoms with Gasteiger partial charge in [-0.2, -0.15) is 8.78 Å². The Bertz CT molecular complexity index is 393. The van der Waals surface area contributed by atoms with E-state index in [0.29, 0.717) is 0 Å². The molecule has 0 unspecified atom stereocenters. The van der Waals surface area contributed by atoms with E-state index in [1.54, 1.807) is 25.8 Å². The minimum Gasteiger partial charge on any atom is -0.462 e. The lowest BCUT2D eigenvalue weighted by Crippen LogP contribution is -2.29. The van der Waals surface area contributed by atoms with E-state index in [1.807, 2.05) is 0 Å². The molecule has 0 aliphatic carbocycles. The molecule has 0 aliphatic heterocycles. The van der Waals surface area contributed by atoms with E-state index < -0.39 is 6.55 Å². The normalized spacial score (nSPS) is 11.6. The molecule has 0 bridgehead atoms. The molecular formula is C11H17F2N3O2. The molecule has 0 N–H and O–H groups in total. The van der Waals surface area contributed by atoms with Gasteiger partial charge in [-0.1, -0.05) is 0 Å². The van der Waals surface area contributed by atoms with Crippen LogP contribution in [-0.4, -0.2) is 40.1 Å². The predicted molar refractivity (Wildman–Crippen MR) is 61.0 cm³/mol. The molecule has 0 aromatic carbocycles. The van der Waals surface area contributed by atoms with E-state index in [1.165, 1.54) is 12.4 Å². The van der Waals surface area contributed by atoms with Crippen LogP contribution in [0, 0.1) is 0 Å². The van der Waals surface area contributed by atoms with Crippen molar-refractivity contribution >= 4 is 5.97 Å². The van der Waals surface area contributed by atoms with Crippen LogP contribution < -0.4 is 0 Å². The molecule has 0 atom stereocenters. The molecule has 5 nitrogen and oxygen atoms in total. The van der Waals surface area contributed by atoms with E-state index in [0.717, 1.165) is 4.57 Å². The third kappa shape index (κ3) is 4.40. The molecule has 1 heterocycles. The first kappa shape index (κ1) is 14.6. The van der Waals surface area contributed by atoms with E-state index in [-0.39, 0.29) is 31.0 Å². The topological polar surface area (TPSA) is 47.4 Å². The Morgan fingerprint density at radius 1 is 1.56 bits per heavy atom. The number of aromatic nitrogens is 2. The van der Waals surface area contributed by atoms with Crippen molar-refractivity contribution in [3.05, 3.63) is 18.2 Å². The van der Waals surface area contributed by atoms with Gasteiger partial charge in [0, 0.05) is 12.4 Å². The van der Waals surface area contributed by atoms with Crippen LogP contribution in [0.1, 0.15) is 26.2 Å². The van der Waals surface area contributed by atoms with Crippen LogP contribution in [0.4, 0.5) is 8.78 Å². The minimum atomic E-state index is -2.63. The number of hydrogen-bond acceptors (Lipinski definition) is 4. The smallest absolute Gasteiger partial charge is 0.320 e. The van der Waals surface area contributed by atoms with Gasteiger partial charge in [0.2, 0.25) is 0 Å². The predicted octanol–water partition coefficient (Wildman–Crippen LogP) is 1.66. The van der Waals surface area contributed by atoms with Crippen LogP contribution in [0.15, 0.2) is 12.4 Å². The van der Waals surface area contributed by atoms with Crippen LogP contribution in [0.3, 0.4) is 0 Å². The van der Waals surface area contributed by atoms with Crippen molar-refractivity contribution in [3.63, 3.8) is 0 Å². The summed E-state index contributed by atoms with van der Waals surface area (Å²) < 4.78 is 30.8. The SMILES string of the molecule is CC(C)OC(=O)CN(C)Cc1nccn1C(F)F. The number of ether oxygens (including phenoxy) is 1. The maximum absolute atomic E-state index is 12.6. The average molecular weight is 261 g/mol. The fraction of sp³-hybridized carbons (Fsp3) is 0.636. The highest BCUT2D eigenvalue weighted by molar-refractivity contribution is 5.71. The van der Waals surface area contributed by atoms with Crippen molar-refractivity contribution in [3.8, 4) is 0 Å². The van der Waals surface area contributed by atoms with Crippen molar-refractivity contribution in [2.75, 3.05) is 13.6 Å². The van der Waals surface area contributed by atoms with E-state index in [4.69, 9.17) is 4.74 Å². The van der Waals surface area contributed by atoms with Gasteiger partial charge in [0.05, 0.1) is 19.2 Å². The Labute approximate surface area is 104 Å². The average Bonchev–Trinajstić information content (AvgIpc) is 2.63. The molecular weight excluding hydrogens is 244 g/mol. The summed E-state index contributed by atoms with van der Waals surface area (Å²) in [5.41, 5.74) is 0. The quantitative estimate of drug-likeness (QED) is 0.731. The Kier molecular flexibility index (Phi) is 5.21. The van der Waals surface area contributed by atoms with E-state index >= 15 is 0 Å². The summed E-state index contributed by atoms with van der Waals surface area (Å²) >= 11 is 0. The maximum Gasteiger partial charge on any atom is 0.320 e. The monoisotopic (exact) mass is 261 g/mol. The van der Waals surface area contributed by atoms with Gasteiger partial charge in [-0.05, 0) is 20.9 Å². The van der Waals surface area contributed by atoms with Crippen LogP contribution >= 0.6 is 0 Å². The molecule has 0 aliphatic rings. The van der Waals surface area contributed by atoms with Crippen molar-refractivity contribution < 1.29 is 18.3 Å². The van der Waals surface area contributed by atoms with Gasteiger partial charge < -0.3 is 4.74 Å². The zero-order valence-corrected chi connectivity index (χ0v) is 10.6. The minimum absolute atomic E-state index is 0.0360. The van der Waals surface area contributed by atoms with Gasteiger partial charge in [-0.25, -0.2) is 4.98 Å². The zero-order chi connectivity index (χ0) is 13.7. The van der Waals surface area contributed by atoms with E-state index in [9.17, 15) is 13.6 Å². The first-order valence-corrected chi connectivity index (χ1v) is 5.58. The summed E-state index contributed by atoms with van der Waals surface area (Å²) in [5, 5.41) is 0. The van der Waals surface area contributed by atoms with Gasteiger partial charge in [0.15, 0.2) is 0 Å². The molecule has 0 radical (unpaired) electrons. The van der Waals surface area contributed by atoms with Crippen molar-refractivity contribution in [1.29, 1.82) is 0 Å². The standard InChI is InChI=1S/C11H17F2N3O2/c1-8(2)18-10(17)7-15(3)6-9-14-4-5-16(9)11(12)13/h4-5,8,11H,6-7H2,1-3H3. The number of hydrogen-bond donors (Lipinski definition) is 0. The lowest BCUT2D eigenvalue weighted by Gasteiger charge is -2.17. The Morgan fingerprint density at radius 2 is 2.22 bits per heavy atom. The summed E-state index contributed by atoms with van der Waals surface area (Å²) in [6, 6.07) is 0. The van der Waals surface area contributed by atoms with E-state index in [2.05, 4.69) is 4.98 Å². The lowest BCUT2D eigenvalue weighted by atomic mass is 10.4. The number of halogens is 2. The second kappa shape index (κ2) is 6.44. The Morgan fingerprint density at radius 3 is 2.78 bits per heavy atom. The van der Waals surface area contributed by atoms with Crippen molar-refractivity contribution in [2.24, 2.45) is 0 Å². The van der Waals surface area contributed by atoms with Gasteiger partial charge in [0.1, 0.15) is 5.82 Å². The fourth-order valence-electron chi connectivity index (χ4n) is 1.46. The molecule has 102 valence electrons. The molecule has 18 heavy (non-hydrogen) atoms. The molecule has 1 aromatic rings. The largest absolute Gasteiger partial charge is 0.462 e. The van der Waals surface area contributed by atoms with Crippen molar-refractivity contribution in [1.82, 2.24) is 14.5 Å². The number of likely N-dealkylation sites (N-methyl/N-ethyl adjacent to an activating group) is 1. The summed E-state index contributed by atoms with van der Waals surface area (Å²) in [4.78, 5) is 16.8. The third-order valence-electron chi connectivity index (χ3n) is 2.14. The first-order valence-electron chi connectivity index (χ1n) is 5.58. The molecule has 0 spiro atoms. The van der Waals surface area contributed by atoms with Crippen molar-refractivity contribution in [2.45, 2.75) is 33.0 Å². The molecule has 0 saturated heterocycles. The molecule has 0 fully saturated rings. The lowest BCUT2D eigenvalue weighted by molar-refractivity contribution is -0.148. The Hall–Kier alpha value is -1.50. The number of nitrogens with zero attached hydrogens (tertiary/aromatic N) is 3. The summed E-state index contributed by atoms with van der Waals surface area (Å²) in [7, 11) is 1.64. The number of imidazole rings is 1. The molecule has 1 rings (SSSR count). The number of rotatable bonds is 6. The van der Waals surface area contributed by atoms with Crippen LogP contribution in [0.25, 0.3) is 0 Å². The van der Waals surface area contributed by atoms with Gasteiger partial charge >= 0.3 is 12.5 Å². The van der Waals surface area contributed by atoms with Crippen LogP contribution in [-0.2, 0) is 16.1 Å². The zero-order valence-electron chi connectivity index (χ0n) is 10.6. The number of esters is 1. The summed E-state index contributed by atoms with van der Waals surface area (Å²) in [5.74, 6) is -0.174. The van der Waals surface area contributed by atoms with Crippen LogP contribution in [0.2, 0.25) is 0 Å². The summed E-state index contributed by atoms with van der Waals surface area (Å²) in [6.45, 7) is 1.07. The van der Waals surface area contributed by atoms with Crippen LogP contribution in [0.5, 0.6) is 0 Å². The van der Waals surface area contributed by atoms with Gasteiger partial charge in [-0.15, -0.1) is 0 Å². The van der Waals surface area contributed by atoms with Gasteiger partial charge in [0.25, 0.3) is 0 Å². The highest BCUT2D eigenvalue weighted by Gasteiger charge is 2.15. The Balaban J connectivity index is 2.51.